The normalized spacial score (nSPS) is 16.7. The highest BCUT2D eigenvalue weighted by molar-refractivity contribution is 6.76. The van der Waals surface area contributed by atoms with Crippen LogP contribution in [0.4, 0.5) is 10.6 Å². The molecule has 0 bridgehead atoms. The van der Waals surface area contributed by atoms with Gasteiger partial charge in [0.25, 0.3) is 0 Å². The minimum atomic E-state index is -1.13. The number of ether oxygens (including phenoxy) is 2. The first-order valence-corrected chi connectivity index (χ1v) is 16.6. The lowest BCUT2D eigenvalue weighted by molar-refractivity contribution is 0.0206. The van der Waals surface area contributed by atoms with Crippen LogP contribution in [-0.4, -0.2) is 74.9 Å². The van der Waals surface area contributed by atoms with Gasteiger partial charge in [-0.25, -0.2) is 24.7 Å². The summed E-state index contributed by atoms with van der Waals surface area (Å²) in [6, 6.07) is 5.02. The standard InChI is InChI=1S/C26H39N7O3Si/c1-26(2,3)36-25(34)32-12-8-9-19(16-32)30-22-20(10-7-11-27-22)21-15-28-24-23(31-21)29-17-33(24)18-35-13-14-37(4,5)6/h7,10-11,15,17,19H,8-9,12-14,16,18H2,1-6H3,(H,27,30). The number of amides is 1. The molecule has 0 radical (unpaired) electrons. The van der Waals surface area contributed by atoms with Crippen molar-refractivity contribution in [2.45, 2.75) is 77.7 Å². The molecule has 1 saturated heterocycles. The Bertz CT molecular complexity index is 1220. The number of nitrogens with one attached hydrogen (secondary N) is 1. The van der Waals surface area contributed by atoms with Crippen LogP contribution in [0.1, 0.15) is 33.6 Å². The Kier molecular flexibility index (Phi) is 8.13. The lowest BCUT2D eigenvalue weighted by Crippen LogP contribution is -2.47. The fraction of sp³-hybridized carbons (Fsp3) is 0.577. The van der Waals surface area contributed by atoms with Crippen molar-refractivity contribution in [1.29, 1.82) is 0 Å². The molecule has 3 aromatic rings. The van der Waals surface area contributed by atoms with Gasteiger partial charge in [-0.2, -0.15) is 0 Å². The predicted octanol–water partition coefficient (Wildman–Crippen LogP) is 5.01. The summed E-state index contributed by atoms with van der Waals surface area (Å²) in [5.41, 5.74) is 2.26. The fourth-order valence-electron chi connectivity index (χ4n) is 4.11. The predicted molar refractivity (Wildman–Crippen MR) is 147 cm³/mol. The minimum absolute atomic E-state index is 0.0547. The zero-order valence-corrected chi connectivity index (χ0v) is 23.8. The number of anilines is 1. The first kappa shape index (κ1) is 27.0. The van der Waals surface area contributed by atoms with E-state index in [9.17, 15) is 4.79 Å². The van der Waals surface area contributed by atoms with Gasteiger partial charge in [-0.05, 0) is 51.8 Å². The van der Waals surface area contributed by atoms with Crippen molar-refractivity contribution in [3.63, 3.8) is 0 Å². The van der Waals surface area contributed by atoms with E-state index in [2.05, 4.69) is 39.9 Å². The van der Waals surface area contributed by atoms with Gasteiger partial charge >= 0.3 is 6.09 Å². The van der Waals surface area contributed by atoms with Gasteiger partial charge in [0.05, 0.1) is 11.9 Å². The van der Waals surface area contributed by atoms with Crippen LogP contribution in [0.5, 0.6) is 0 Å². The van der Waals surface area contributed by atoms with Crippen LogP contribution in [0.3, 0.4) is 0 Å². The SMILES string of the molecule is CC(C)(C)OC(=O)N1CCCC(Nc2ncccc2-c2cnc3c(ncn3COCC[Si](C)(C)C)n2)C1. The van der Waals surface area contributed by atoms with Crippen LogP contribution in [0.15, 0.2) is 30.9 Å². The molecule has 1 aliphatic rings. The van der Waals surface area contributed by atoms with Gasteiger partial charge in [-0.15, -0.1) is 0 Å². The molecule has 0 aromatic carbocycles. The topological polar surface area (TPSA) is 107 Å². The molecule has 4 heterocycles. The molecule has 3 aromatic heterocycles. The van der Waals surface area contributed by atoms with Crippen LogP contribution in [-0.2, 0) is 16.2 Å². The van der Waals surface area contributed by atoms with Crippen molar-refractivity contribution >= 4 is 31.3 Å². The number of carbonyl (C=O) groups excluding carboxylic acids is 1. The van der Waals surface area contributed by atoms with Gasteiger partial charge in [0.1, 0.15) is 24.5 Å². The highest BCUT2D eigenvalue weighted by Crippen LogP contribution is 2.27. The largest absolute Gasteiger partial charge is 0.444 e. The number of likely N-dealkylation sites (tertiary alicyclic amines) is 1. The molecule has 200 valence electrons. The summed E-state index contributed by atoms with van der Waals surface area (Å²) in [5, 5.41) is 3.52. The van der Waals surface area contributed by atoms with E-state index in [0.717, 1.165) is 31.1 Å². The van der Waals surface area contributed by atoms with E-state index in [1.165, 1.54) is 0 Å². The van der Waals surface area contributed by atoms with Crippen LogP contribution in [0.2, 0.25) is 25.7 Å². The number of nitrogens with zero attached hydrogens (tertiary/aromatic N) is 6. The third-order valence-corrected chi connectivity index (χ3v) is 7.76. The molecule has 1 N–H and O–H groups in total. The van der Waals surface area contributed by atoms with Crippen molar-refractivity contribution in [3.05, 3.63) is 30.9 Å². The Labute approximate surface area is 219 Å². The van der Waals surface area contributed by atoms with Gasteiger partial charge in [-0.1, -0.05) is 19.6 Å². The third kappa shape index (κ3) is 7.48. The molecule has 10 nitrogen and oxygen atoms in total. The number of rotatable bonds is 8. The summed E-state index contributed by atoms with van der Waals surface area (Å²) in [5.74, 6) is 0.710. The number of fused-ring (bicyclic) bond motifs is 1. The molecule has 1 fully saturated rings. The Morgan fingerprint density at radius 1 is 1.22 bits per heavy atom. The number of piperidine rings is 1. The number of aromatic nitrogens is 5. The third-order valence-electron chi connectivity index (χ3n) is 6.05. The van der Waals surface area contributed by atoms with E-state index >= 15 is 0 Å². The Morgan fingerprint density at radius 3 is 2.78 bits per heavy atom. The Morgan fingerprint density at radius 2 is 2.03 bits per heavy atom. The van der Waals surface area contributed by atoms with Crippen LogP contribution in [0, 0.1) is 0 Å². The van der Waals surface area contributed by atoms with Crippen molar-refractivity contribution < 1.29 is 14.3 Å². The summed E-state index contributed by atoms with van der Waals surface area (Å²) >= 11 is 0. The van der Waals surface area contributed by atoms with Crippen LogP contribution < -0.4 is 5.32 Å². The summed E-state index contributed by atoms with van der Waals surface area (Å²) in [4.78, 5) is 32.8. The van der Waals surface area contributed by atoms with Crippen molar-refractivity contribution in [1.82, 2.24) is 29.4 Å². The smallest absolute Gasteiger partial charge is 0.410 e. The van der Waals surface area contributed by atoms with Crippen molar-refractivity contribution in [3.8, 4) is 11.3 Å². The maximum absolute atomic E-state index is 12.6. The first-order chi connectivity index (χ1) is 17.5. The molecule has 1 aliphatic heterocycles. The monoisotopic (exact) mass is 525 g/mol. The van der Waals surface area contributed by atoms with Crippen LogP contribution in [0.25, 0.3) is 22.6 Å². The number of pyridine rings is 1. The molecule has 0 saturated carbocycles. The summed E-state index contributed by atoms with van der Waals surface area (Å²) in [7, 11) is -1.13. The van der Waals surface area contributed by atoms with Crippen LogP contribution >= 0.6 is 0 Å². The number of hydrogen-bond acceptors (Lipinski definition) is 8. The van der Waals surface area contributed by atoms with Gasteiger partial charge in [0.2, 0.25) is 0 Å². The highest BCUT2D eigenvalue weighted by atomic mass is 28.3. The number of carbonyl (C=O) groups is 1. The van der Waals surface area contributed by atoms with E-state index in [1.54, 1.807) is 23.6 Å². The molecule has 11 heteroatoms. The molecule has 0 aliphatic carbocycles. The highest BCUT2D eigenvalue weighted by Gasteiger charge is 2.28. The summed E-state index contributed by atoms with van der Waals surface area (Å²) in [6.07, 6.45) is 6.76. The van der Waals surface area contributed by atoms with E-state index in [-0.39, 0.29) is 12.1 Å². The van der Waals surface area contributed by atoms with Gasteiger partial charge < -0.3 is 19.7 Å². The maximum atomic E-state index is 12.6. The second-order valence-electron chi connectivity index (χ2n) is 11.8. The fourth-order valence-corrected chi connectivity index (χ4v) is 4.87. The number of imidazole rings is 1. The second-order valence-corrected chi connectivity index (χ2v) is 17.4. The maximum Gasteiger partial charge on any atom is 0.410 e. The quantitative estimate of drug-likeness (QED) is 0.323. The zero-order valence-electron chi connectivity index (χ0n) is 22.8. The molecule has 1 amide bonds. The lowest BCUT2D eigenvalue weighted by Gasteiger charge is -2.34. The van der Waals surface area contributed by atoms with E-state index in [4.69, 9.17) is 14.5 Å². The average Bonchev–Trinajstić information content (AvgIpc) is 3.23. The van der Waals surface area contributed by atoms with E-state index < -0.39 is 13.7 Å². The van der Waals surface area contributed by atoms with Gasteiger partial charge in [0, 0.05) is 45.6 Å². The van der Waals surface area contributed by atoms with E-state index in [1.807, 2.05) is 37.5 Å². The molecule has 4 rings (SSSR count). The molecule has 1 atom stereocenters. The number of hydrogen-bond donors (Lipinski definition) is 1. The molecule has 37 heavy (non-hydrogen) atoms. The van der Waals surface area contributed by atoms with E-state index in [0.29, 0.717) is 42.6 Å². The lowest BCUT2D eigenvalue weighted by atomic mass is 10.1. The minimum Gasteiger partial charge on any atom is -0.444 e. The summed E-state index contributed by atoms with van der Waals surface area (Å²) in [6.45, 7) is 15.0. The average molecular weight is 526 g/mol. The van der Waals surface area contributed by atoms with Crippen molar-refractivity contribution in [2.24, 2.45) is 0 Å². The Balaban J connectivity index is 1.45. The second kappa shape index (κ2) is 11.1. The molecular weight excluding hydrogens is 486 g/mol. The summed E-state index contributed by atoms with van der Waals surface area (Å²) < 4.78 is 13.3. The van der Waals surface area contributed by atoms with Gasteiger partial charge in [-0.3, -0.25) is 4.57 Å². The molecular formula is C26H39N7O3Si. The van der Waals surface area contributed by atoms with Crippen molar-refractivity contribution in [2.75, 3.05) is 25.0 Å². The first-order valence-electron chi connectivity index (χ1n) is 12.9. The molecule has 0 spiro atoms. The Hall–Kier alpha value is -3.05. The molecule has 1 unspecified atom stereocenters. The zero-order chi connectivity index (χ0) is 26.6. The van der Waals surface area contributed by atoms with Gasteiger partial charge in [0.15, 0.2) is 11.3 Å².